The first-order chi connectivity index (χ1) is 8.46. The molecule has 0 spiro atoms. The van der Waals surface area contributed by atoms with Gasteiger partial charge in [-0.25, -0.2) is 13.1 Å². The second-order valence-electron chi connectivity index (χ2n) is 4.76. The Morgan fingerprint density at radius 1 is 1.39 bits per heavy atom. The molecule has 0 unspecified atom stereocenters. The van der Waals surface area contributed by atoms with Crippen molar-refractivity contribution in [3.8, 4) is 5.75 Å². The maximum absolute atomic E-state index is 11.7. The molecule has 1 aromatic rings. The smallest absolute Gasteiger partial charge is 0.211 e. The Morgan fingerprint density at radius 3 is 2.78 bits per heavy atom. The van der Waals surface area contributed by atoms with E-state index < -0.39 is 10.0 Å². The lowest BCUT2D eigenvalue weighted by Gasteiger charge is -2.08. The number of hydrogen-bond donors (Lipinski definition) is 3. The second kappa shape index (κ2) is 5.16. The van der Waals surface area contributed by atoms with Gasteiger partial charge >= 0.3 is 0 Å². The standard InChI is InChI=1S/C12H18N2O3S/c13-11-3-4-12(15)10(7-11)8-14-18(16,17)6-5-9-1-2-9/h3-4,7,9,14-15H,1-2,5-6,8,13H2. The molecule has 100 valence electrons. The summed E-state index contributed by atoms with van der Waals surface area (Å²) in [5, 5.41) is 9.57. The summed E-state index contributed by atoms with van der Waals surface area (Å²) < 4.78 is 25.9. The fourth-order valence-electron chi connectivity index (χ4n) is 1.74. The van der Waals surface area contributed by atoms with Crippen LogP contribution in [0.5, 0.6) is 5.75 Å². The molecule has 0 amide bonds. The van der Waals surface area contributed by atoms with E-state index >= 15 is 0 Å². The molecule has 0 atom stereocenters. The van der Waals surface area contributed by atoms with Crippen molar-refractivity contribution in [2.24, 2.45) is 5.92 Å². The topological polar surface area (TPSA) is 92.4 Å². The Kier molecular flexibility index (Phi) is 3.77. The van der Waals surface area contributed by atoms with Crippen LogP contribution in [-0.2, 0) is 16.6 Å². The van der Waals surface area contributed by atoms with Crippen LogP contribution in [0.2, 0.25) is 0 Å². The number of nitrogens with one attached hydrogen (secondary N) is 1. The van der Waals surface area contributed by atoms with Crippen LogP contribution in [0.15, 0.2) is 18.2 Å². The lowest BCUT2D eigenvalue weighted by molar-refractivity contribution is 0.467. The van der Waals surface area contributed by atoms with Crippen LogP contribution >= 0.6 is 0 Å². The highest BCUT2D eigenvalue weighted by atomic mass is 32.2. The molecule has 0 bridgehead atoms. The van der Waals surface area contributed by atoms with Gasteiger partial charge in [0.2, 0.25) is 10.0 Å². The summed E-state index contributed by atoms with van der Waals surface area (Å²) in [7, 11) is -3.27. The summed E-state index contributed by atoms with van der Waals surface area (Å²) in [5.74, 6) is 0.789. The third kappa shape index (κ3) is 3.89. The molecule has 0 aromatic heterocycles. The molecular formula is C12H18N2O3S. The fraction of sp³-hybridized carbons (Fsp3) is 0.500. The normalized spacial score (nSPS) is 15.8. The van der Waals surface area contributed by atoms with Gasteiger partial charge in [0.1, 0.15) is 5.75 Å². The zero-order chi connectivity index (χ0) is 13.2. The number of phenols is 1. The number of aromatic hydroxyl groups is 1. The van der Waals surface area contributed by atoms with E-state index in [0.717, 1.165) is 19.3 Å². The van der Waals surface area contributed by atoms with Gasteiger partial charge in [-0.05, 0) is 30.5 Å². The SMILES string of the molecule is Nc1ccc(O)c(CNS(=O)(=O)CCC2CC2)c1. The Balaban J connectivity index is 1.91. The van der Waals surface area contributed by atoms with Crippen molar-refractivity contribution in [3.63, 3.8) is 0 Å². The molecule has 0 heterocycles. The van der Waals surface area contributed by atoms with Crippen LogP contribution < -0.4 is 10.5 Å². The molecule has 2 rings (SSSR count). The van der Waals surface area contributed by atoms with E-state index in [2.05, 4.69) is 4.72 Å². The molecule has 0 saturated heterocycles. The van der Waals surface area contributed by atoms with Crippen LogP contribution in [0.1, 0.15) is 24.8 Å². The summed E-state index contributed by atoms with van der Waals surface area (Å²) in [6, 6.07) is 4.60. The number of hydrogen-bond acceptors (Lipinski definition) is 4. The van der Waals surface area contributed by atoms with Gasteiger partial charge in [-0.2, -0.15) is 0 Å². The number of nitrogen functional groups attached to an aromatic ring is 1. The lowest BCUT2D eigenvalue weighted by Crippen LogP contribution is -2.26. The first kappa shape index (κ1) is 13.2. The van der Waals surface area contributed by atoms with Gasteiger partial charge in [-0.1, -0.05) is 12.8 Å². The highest BCUT2D eigenvalue weighted by molar-refractivity contribution is 7.89. The quantitative estimate of drug-likeness (QED) is 0.535. The van der Waals surface area contributed by atoms with Gasteiger partial charge in [0, 0.05) is 17.8 Å². The third-order valence-electron chi connectivity index (χ3n) is 3.08. The molecule has 5 nitrogen and oxygen atoms in total. The Bertz CT molecular complexity index is 524. The summed E-state index contributed by atoms with van der Waals surface area (Å²) in [6.07, 6.45) is 3.01. The molecule has 1 aromatic carbocycles. The number of rotatable bonds is 6. The van der Waals surface area contributed by atoms with Crippen molar-refractivity contribution in [2.45, 2.75) is 25.8 Å². The molecule has 1 aliphatic carbocycles. The fourth-order valence-corrected chi connectivity index (χ4v) is 2.90. The van der Waals surface area contributed by atoms with Crippen molar-refractivity contribution in [1.82, 2.24) is 4.72 Å². The number of phenolic OH excluding ortho intramolecular Hbond substituents is 1. The Hall–Kier alpha value is -1.27. The van der Waals surface area contributed by atoms with E-state index in [1.807, 2.05) is 0 Å². The lowest BCUT2D eigenvalue weighted by atomic mass is 10.2. The Labute approximate surface area is 107 Å². The number of benzene rings is 1. The molecule has 18 heavy (non-hydrogen) atoms. The van der Waals surface area contributed by atoms with Crippen molar-refractivity contribution in [1.29, 1.82) is 0 Å². The van der Waals surface area contributed by atoms with Crippen molar-refractivity contribution in [2.75, 3.05) is 11.5 Å². The van der Waals surface area contributed by atoms with Crippen LogP contribution in [0.25, 0.3) is 0 Å². The minimum atomic E-state index is -3.27. The number of anilines is 1. The monoisotopic (exact) mass is 270 g/mol. The molecule has 0 aliphatic heterocycles. The van der Waals surface area contributed by atoms with Crippen LogP contribution in [0, 0.1) is 5.92 Å². The van der Waals surface area contributed by atoms with Gasteiger partial charge in [-0.15, -0.1) is 0 Å². The van der Waals surface area contributed by atoms with Gasteiger partial charge in [0.25, 0.3) is 0 Å². The summed E-state index contributed by atoms with van der Waals surface area (Å²) in [5.41, 5.74) is 6.58. The van der Waals surface area contributed by atoms with E-state index in [0.29, 0.717) is 17.2 Å². The predicted octanol–water partition coefficient (Wildman–Crippen LogP) is 1.19. The van der Waals surface area contributed by atoms with Crippen LogP contribution in [0.4, 0.5) is 5.69 Å². The first-order valence-corrected chi connectivity index (χ1v) is 7.66. The average molecular weight is 270 g/mol. The molecule has 1 saturated carbocycles. The Morgan fingerprint density at radius 2 is 2.11 bits per heavy atom. The van der Waals surface area contributed by atoms with Crippen molar-refractivity contribution in [3.05, 3.63) is 23.8 Å². The highest BCUT2D eigenvalue weighted by Crippen LogP contribution is 2.32. The average Bonchev–Trinajstić information content (AvgIpc) is 3.12. The molecule has 4 N–H and O–H groups in total. The maximum atomic E-state index is 11.7. The van der Waals surface area contributed by atoms with Gasteiger partial charge in [0.05, 0.1) is 5.75 Å². The third-order valence-corrected chi connectivity index (χ3v) is 4.44. The van der Waals surface area contributed by atoms with Crippen molar-refractivity contribution >= 4 is 15.7 Å². The molecule has 1 aliphatic rings. The van der Waals surface area contributed by atoms with Gasteiger partial charge in [0.15, 0.2) is 0 Å². The summed E-state index contributed by atoms with van der Waals surface area (Å²) >= 11 is 0. The van der Waals surface area contributed by atoms with E-state index in [-0.39, 0.29) is 18.0 Å². The predicted molar refractivity (Wildman–Crippen MR) is 70.5 cm³/mol. The van der Waals surface area contributed by atoms with E-state index in [9.17, 15) is 13.5 Å². The minimum absolute atomic E-state index is 0.0501. The van der Waals surface area contributed by atoms with Gasteiger partial charge in [-0.3, -0.25) is 0 Å². The zero-order valence-electron chi connectivity index (χ0n) is 10.1. The number of sulfonamides is 1. The van der Waals surface area contributed by atoms with E-state index in [1.165, 1.54) is 6.07 Å². The van der Waals surface area contributed by atoms with Crippen LogP contribution in [-0.4, -0.2) is 19.3 Å². The van der Waals surface area contributed by atoms with Crippen molar-refractivity contribution < 1.29 is 13.5 Å². The minimum Gasteiger partial charge on any atom is -0.508 e. The number of nitrogens with two attached hydrogens (primary N) is 1. The first-order valence-electron chi connectivity index (χ1n) is 6.01. The maximum Gasteiger partial charge on any atom is 0.211 e. The van der Waals surface area contributed by atoms with E-state index in [4.69, 9.17) is 5.73 Å². The zero-order valence-corrected chi connectivity index (χ0v) is 10.9. The largest absolute Gasteiger partial charge is 0.508 e. The molecule has 1 fully saturated rings. The molecule has 6 heteroatoms. The summed E-state index contributed by atoms with van der Waals surface area (Å²) in [6.45, 7) is 0.0733. The van der Waals surface area contributed by atoms with E-state index in [1.54, 1.807) is 12.1 Å². The highest BCUT2D eigenvalue weighted by Gasteiger charge is 2.23. The summed E-state index contributed by atoms with van der Waals surface area (Å²) in [4.78, 5) is 0. The molecular weight excluding hydrogens is 252 g/mol. The molecule has 0 radical (unpaired) electrons. The second-order valence-corrected chi connectivity index (χ2v) is 6.69. The van der Waals surface area contributed by atoms with Gasteiger partial charge < -0.3 is 10.8 Å². The van der Waals surface area contributed by atoms with Crippen LogP contribution in [0.3, 0.4) is 0 Å².